The summed E-state index contributed by atoms with van der Waals surface area (Å²) >= 11 is 1.68. The van der Waals surface area contributed by atoms with Crippen LogP contribution in [-0.4, -0.2) is 39.6 Å². The number of hydrogen-bond acceptors (Lipinski definition) is 5. The van der Waals surface area contributed by atoms with E-state index in [9.17, 15) is 9.90 Å². The number of thiophene rings is 1. The maximum absolute atomic E-state index is 12.8. The number of aromatic nitrogens is 1. The monoisotopic (exact) mass is 413 g/mol. The molecule has 1 saturated carbocycles. The summed E-state index contributed by atoms with van der Waals surface area (Å²) in [7, 11) is 0. The number of pyridine rings is 1. The number of nitrogens with zero attached hydrogens (tertiary/aromatic N) is 2. The van der Waals surface area contributed by atoms with Crippen LogP contribution in [0.3, 0.4) is 0 Å². The number of rotatable bonds is 6. The fourth-order valence-corrected chi connectivity index (χ4v) is 5.54. The maximum atomic E-state index is 12.8. The van der Waals surface area contributed by atoms with Gasteiger partial charge in [0, 0.05) is 42.6 Å². The van der Waals surface area contributed by atoms with Crippen molar-refractivity contribution in [1.29, 1.82) is 0 Å². The predicted octanol–water partition coefficient (Wildman–Crippen LogP) is 3.69. The molecule has 0 spiro atoms. The molecule has 2 N–H and O–H groups in total. The number of carbonyl (C=O) groups excluding carboxylic acids is 1. The second-order valence-corrected chi connectivity index (χ2v) is 9.45. The van der Waals surface area contributed by atoms with Gasteiger partial charge in [-0.2, -0.15) is 0 Å². The molecule has 0 radical (unpaired) electrons. The van der Waals surface area contributed by atoms with Crippen LogP contribution in [0.2, 0.25) is 0 Å². The van der Waals surface area contributed by atoms with E-state index in [1.165, 1.54) is 22.4 Å². The van der Waals surface area contributed by atoms with E-state index in [2.05, 4.69) is 34.3 Å². The lowest BCUT2D eigenvalue weighted by molar-refractivity contribution is 0.00525. The van der Waals surface area contributed by atoms with Crippen LogP contribution < -0.4 is 5.32 Å². The van der Waals surface area contributed by atoms with Gasteiger partial charge in [-0.25, -0.2) is 0 Å². The zero-order valence-electron chi connectivity index (χ0n) is 17.2. The van der Waals surface area contributed by atoms with Gasteiger partial charge in [0.05, 0.1) is 16.9 Å². The Labute approximate surface area is 177 Å². The van der Waals surface area contributed by atoms with Crippen molar-refractivity contribution in [1.82, 2.24) is 15.2 Å². The number of fused-ring (bicyclic) bond motifs is 1. The van der Waals surface area contributed by atoms with Gasteiger partial charge >= 0.3 is 0 Å². The summed E-state index contributed by atoms with van der Waals surface area (Å²) < 4.78 is 0. The molecule has 2 aromatic rings. The van der Waals surface area contributed by atoms with E-state index >= 15 is 0 Å². The first-order valence-electron chi connectivity index (χ1n) is 10.8. The van der Waals surface area contributed by atoms with Crippen molar-refractivity contribution in [3.63, 3.8) is 0 Å². The van der Waals surface area contributed by atoms with E-state index in [1.807, 2.05) is 11.6 Å². The van der Waals surface area contributed by atoms with Crippen molar-refractivity contribution in [2.24, 2.45) is 0 Å². The third-order valence-corrected chi connectivity index (χ3v) is 7.33. The van der Waals surface area contributed by atoms with Gasteiger partial charge < -0.3 is 10.4 Å². The fraction of sp³-hybridized carbons (Fsp3) is 0.565. The van der Waals surface area contributed by atoms with Crippen LogP contribution in [0.1, 0.15) is 71.1 Å². The number of aliphatic hydroxyl groups is 1. The summed E-state index contributed by atoms with van der Waals surface area (Å²) in [6.07, 6.45) is 8.73. The quantitative estimate of drug-likeness (QED) is 0.758. The second-order valence-electron chi connectivity index (χ2n) is 8.49. The summed E-state index contributed by atoms with van der Waals surface area (Å²) in [5.41, 5.74) is 3.63. The molecule has 5 nitrogen and oxygen atoms in total. The van der Waals surface area contributed by atoms with Crippen LogP contribution in [0.5, 0.6) is 0 Å². The Hall–Kier alpha value is -1.76. The highest BCUT2D eigenvalue weighted by Gasteiger charge is 2.30. The average molecular weight is 414 g/mol. The van der Waals surface area contributed by atoms with Crippen molar-refractivity contribution in [3.8, 4) is 0 Å². The molecule has 2 aliphatic rings. The smallest absolute Gasteiger partial charge is 0.252 e. The summed E-state index contributed by atoms with van der Waals surface area (Å²) in [5.74, 6) is -0.0354. The Bertz CT molecular complexity index is 840. The van der Waals surface area contributed by atoms with Crippen LogP contribution in [0.15, 0.2) is 23.7 Å². The first-order chi connectivity index (χ1) is 14.1. The van der Waals surface area contributed by atoms with Crippen LogP contribution in [0.4, 0.5) is 0 Å². The zero-order chi connectivity index (χ0) is 20.3. The van der Waals surface area contributed by atoms with Crippen LogP contribution in [0.25, 0.3) is 0 Å². The molecule has 6 heteroatoms. The molecular weight excluding hydrogens is 382 g/mol. The Morgan fingerprint density at radius 1 is 1.31 bits per heavy atom. The topological polar surface area (TPSA) is 65.5 Å². The minimum Gasteiger partial charge on any atom is -0.388 e. The number of aryl methyl sites for hydroxylation is 1. The Morgan fingerprint density at radius 3 is 2.86 bits per heavy atom. The van der Waals surface area contributed by atoms with Crippen molar-refractivity contribution in [3.05, 3.63) is 51.0 Å². The van der Waals surface area contributed by atoms with Gasteiger partial charge in [0.1, 0.15) is 0 Å². The average Bonchev–Trinajstić information content (AvgIpc) is 3.16. The van der Waals surface area contributed by atoms with E-state index in [0.717, 1.165) is 69.4 Å². The molecule has 1 amide bonds. The van der Waals surface area contributed by atoms with Gasteiger partial charge in [-0.15, -0.1) is 11.3 Å². The maximum Gasteiger partial charge on any atom is 0.252 e. The van der Waals surface area contributed by atoms with Gasteiger partial charge in [-0.1, -0.05) is 32.3 Å². The van der Waals surface area contributed by atoms with Gasteiger partial charge in [-0.3, -0.25) is 14.7 Å². The molecule has 29 heavy (non-hydrogen) atoms. The number of hydrogen-bond donors (Lipinski definition) is 2. The third kappa shape index (κ3) is 4.87. The summed E-state index contributed by atoms with van der Waals surface area (Å²) in [4.78, 5) is 21.0. The molecule has 1 aliphatic carbocycles. The normalized spacial score (nSPS) is 19.0. The lowest BCUT2D eigenvalue weighted by Crippen LogP contribution is -2.44. The summed E-state index contributed by atoms with van der Waals surface area (Å²) in [6.45, 7) is 5.15. The summed E-state index contributed by atoms with van der Waals surface area (Å²) in [5, 5.41) is 15.6. The minimum absolute atomic E-state index is 0.0354. The third-order valence-electron chi connectivity index (χ3n) is 6.31. The lowest BCUT2D eigenvalue weighted by atomic mass is 9.85. The molecule has 2 aromatic heterocycles. The van der Waals surface area contributed by atoms with Gasteiger partial charge in [0.15, 0.2) is 0 Å². The molecule has 4 rings (SSSR count). The van der Waals surface area contributed by atoms with E-state index in [0.29, 0.717) is 6.54 Å². The molecule has 0 unspecified atom stereocenters. The zero-order valence-corrected chi connectivity index (χ0v) is 18.1. The predicted molar refractivity (Wildman–Crippen MR) is 116 cm³/mol. The Morgan fingerprint density at radius 2 is 2.14 bits per heavy atom. The first-order valence-corrected chi connectivity index (χ1v) is 11.7. The molecule has 156 valence electrons. The van der Waals surface area contributed by atoms with Crippen LogP contribution in [-0.2, 0) is 25.9 Å². The lowest BCUT2D eigenvalue weighted by Gasteiger charge is -2.32. The summed E-state index contributed by atoms with van der Waals surface area (Å²) in [6, 6.07) is 4.28. The van der Waals surface area contributed by atoms with E-state index in [1.54, 1.807) is 11.3 Å². The first kappa shape index (κ1) is 20.5. The molecule has 0 bridgehead atoms. The number of carbonyl (C=O) groups is 1. The molecule has 3 heterocycles. The van der Waals surface area contributed by atoms with Gasteiger partial charge in [-0.05, 0) is 42.9 Å². The SMILES string of the molecule is CCc1ccc(CN2CCc3c(C(=O)NCC4(O)CCCCC4)csc3C2)nc1. The highest BCUT2D eigenvalue weighted by Crippen LogP contribution is 2.30. The van der Waals surface area contributed by atoms with Crippen LogP contribution >= 0.6 is 11.3 Å². The molecule has 1 fully saturated rings. The molecule has 0 atom stereocenters. The van der Waals surface area contributed by atoms with Gasteiger partial charge in [0.25, 0.3) is 5.91 Å². The van der Waals surface area contributed by atoms with Gasteiger partial charge in [0.2, 0.25) is 0 Å². The second kappa shape index (κ2) is 8.94. The van der Waals surface area contributed by atoms with Crippen molar-refractivity contribution in [2.75, 3.05) is 13.1 Å². The van der Waals surface area contributed by atoms with Crippen LogP contribution in [0, 0.1) is 0 Å². The van der Waals surface area contributed by atoms with Crippen molar-refractivity contribution < 1.29 is 9.90 Å². The number of nitrogens with one attached hydrogen (secondary N) is 1. The molecule has 1 aliphatic heterocycles. The van der Waals surface area contributed by atoms with E-state index < -0.39 is 5.60 Å². The number of amides is 1. The Kier molecular flexibility index (Phi) is 6.32. The highest BCUT2D eigenvalue weighted by molar-refractivity contribution is 7.10. The molecular formula is C23H31N3O2S. The van der Waals surface area contributed by atoms with Crippen molar-refractivity contribution >= 4 is 17.2 Å². The minimum atomic E-state index is -0.721. The van der Waals surface area contributed by atoms with Crippen molar-refractivity contribution in [2.45, 2.75) is 70.6 Å². The fourth-order valence-electron chi connectivity index (χ4n) is 4.42. The van der Waals surface area contributed by atoms with E-state index in [-0.39, 0.29) is 5.91 Å². The van der Waals surface area contributed by atoms with E-state index in [4.69, 9.17) is 0 Å². The highest BCUT2D eigenvalue weighted by atomic mass is 32.1. The molecule has 0 saturated heterocycles. The molecule has 0 aromatic carbocycles. The largest absolute Gasteiger partial charge is 0.388 e. The standard InChI is InChI=1S/C23H31N3O2S/c1-2-17-6-7-18(24-12-17)13-26-11-8-19-20(15-29-21(19)14-26)22(27)25-16-23(28)9-4-3-5-10-23/h6-7,12,15,28H,2-5,8-11,13-14,16H2,1H3,(H,25,27). The Balaban J connectivity index is 1.35.